The average molecular weight is 361 g/mol. The molecule has 1 aliphatic carbocycles. The van der Waals surface area contributed by atoms with Gasteiger partial charge in [-0.3, -0.25) is 9.59 Å². The average Bonchev–Trinajstić information content (AvgIpc) is 3.38. The highest BCUT2D eigenvalue weighted by atomic mass is 32.1. The molecule has 0 bridgehead atoms. The molecule has 0 N–H and O–H groups in total. The van der Waals surface area contributed by atoms with Gasteiger partial charge in [0, 0.05) is 31.3 Å². The normalized spacial score (nSPS) is 13.9. The number of esters is 1. The Morgan fingerprint density at radius 1 is 1.28 bits per heavy atom. The lowest BCUT2D eigenvalue weighted by Crippen LogP contribution is -2.28. The SMILES string of the molecule is COC(=O)CCCN(C)C(=O)c1sc2nc(C3CC3)nc(C)c2c1C. The van der Waals surface area contributed by atoms with E-state index in [1.807, 2.05) is 13.8 Å². The number of carbonyl (C=O) groups is 2. The summed E-state index contributed by atoms with van der Waals surface area (Å²) in [5.74, 6) is 1.12. The second-order valence-electron chi connectivity index (χ2n) is 6.58. The van der Waals surface area contributed by atoms with E-state index in [4.69, 9.17) is 4.98 Å². The predicted octanol–water partition coefficient (Wildman–Crippen LogP) is 3.21. The van der Waals surface area contributed by atoms with Crippen LogP contribution < -0.4 is 0 Å². The van der Waals surface area contributed by atoms with Crippen molar-refractivity contribution in [2.24, 2.45) is 0 Å². The maximum absolute atomic E-state index is 12.8. The van der Waals surface area contributed by atoms with Crippen LogP contribution in [0.1, 0.15) is 58.4 Å². The summed E-state index contributed by atoms with van der Waals surface area (Å²) in [5.41, 5.74) is 1.90. The summed E-state index contributed by atoms with van der Waals surface area (Å²) in [6.45, 7) is 4.46. The first kappa shape index (κ1) is 17.8. The minimum atomic E-state index is -0.252. The molecule has 25 heavy (non-hydrogen) atoms. The van der Waals surface area contributed by atoms with Gasteiger partial charge in [0.1, 0.15) is 10.7 Å². The summed E-state index contributed by atoms with van der Waals surface area (Å²) < 4.78 is 4.63. The van der Waals surface area contributed by atoms with Crippen molar-refractivity contribution in [3.63, 3.8) is 0 Å². The van der Waals surface area contributed by atoms with E-state index in [2.05, 4.69) is 9.72 Å². The fourth-order valence-electron chi connectivity index (χ4n) is 2.93. The van der Waals surface area contributed by atoms with Crippen LogP contribution in [0.5, 0.6) is 0 Å². The van der Waals surface area contributed by atoms with Gasteiger partial charge in [0.05, 0.1) is 17.7 Å². The number of aromatic nitrogens is 2. The third kappa shape index (κ3) is 3.66. The monoisotopic (exact) mass is 361 g/mol. The molecule has 1 fully saturated rings. The smallest absolute Gasteiger partial charge is 0.305 e. The Labute approximate surface area is 151 Å². The first-order chi connectivity index (χ1) is 11.9. The number of aryl methyl sites for hydroxylation is 2. The van der Waals surface area contributed by atoms with Crippen LogP contribution >= 0.6 is 11.3 Å². The van der Waals surface area contributed by atoms with E-state index in [9.17, 15) is 9.59 Å². The molecule has 1 amide bonds. The molecule has 7 heteroatoms. The van der Waals surface area contributed by atoms with Crippen LogP contribution in [0.3, 0.4) is 0 Å². The molecule has 6 nitrogen and oxygen atoms in total. The summed E-state index contributed by atoms with van der Waals surface area (Å²) in [7, 11) is 3.13. The second kappa shape index (κ2) is 7.07. The number of hydrogen-bond acceptors (Lipinski definition) is 6. The maximum Gasteiger partial charge on any atom is 0.305 e. The molecule has 0 unspecified atom stereocenters. The van der Waals surface area contributed by atoms with Gasteiger partial charge in [-0.05, 0) is 38.7 Å². The first-order valence-electron chi connectivity index (χ1n) is 8.52. The van der Waals surface area contributed by atoms with Crippen molar-refractivity contribution < 1.29 is 14.3 Å². The van der Waals surface area contributed by atoms with E-state index in [1.54, 1.807) is 11.9 Å². The molecule has 0 radical (unpaired) electrons. The molecular formula is C18H23N3O3S. The van der Waals surface area contributed by atoms with Gasteiger partial charge in [-0.15, -0.1) is 11.3 Å². The Morgan fingerprint density at radius 2 is 2.00 bits per heavy atom. The molecule has 0 saturated heterocycles. The molecular weight excluding hydrogens is 338 g/mol. The molecule has 2 aromatic rings. The fourth-order valence-corrected chi connectivity index (χ4v) is 4.16. The lowest BCUT2D eigenvalue weighted by atomic mass is 10.1. The highest BCUT2D eigenvalue weighted by Crippen LogP contribution is 2.40. The number of thiophene rings is 1. The Morgan fingerprint density at radius 3 is 2.64 bits per heavy atom. The van der Waals surface area contributed by atoms with Crippen LogP contribution in [0.4, 0.5) is 0 Å². The highest BCUT2D eigenvalue weighted by Gasteiger charge is 2.29. The Bertz CT molecular complexity index is 827. The number of fused-ring (bicyclic) bond motifs is 1. The van der Waals surface area contributed by atoms with Crippen molar-refractivity contribution in [3.8, 4) is 0 Å². The number of methoxy groups -OCH3 is 1. The minimum absolute atomic E-state index is 0.0299. The number of hydrogen-bond donors (Lipinski definition) is 0. The summed E-state index contributed by atoms with van der Waals surface area (Å²) in [4.78, 5) is 36.6. The number of amides is 1. The van der Waals surface area contributed by atoms with Gasteiger partial charge in [-0.25, -0.2) is 9.97 Å². The second-order valence-corrected chi connectivity index (χ2v) is 7.58. The van der Waals surface area contributed by atoms with Crippen LogP contribution in [0.25, 0.3) is 10.2 Å². The van der Waals surface area contributed by atoms with Gasteiger partial charge in [0.15, 0.2) is 0 Å². The zero-order valence-corrected chi connectivity index (χ0v) is 15.9. The van der Waals surface area contributed by atoms with Gasteiger partial charge in [0.2, 0.25) is 0 Å². The molecule has 0 spiro atoms. The summed E-state index contributed by atoms with van der Waals surface area (Å²) in [6.07, 6.45) is 3.21. The number of carbonyl (C=O) groups excluding carboxylic acids is 2. The van der Waals surface area contributed by atoms with E-state index < -0.39 is 0 Å². The lowest BCUT2D eigenvalue weighted by Gasteiger charge is -2.16. The number of ether oxygens (including phenoxy) is 1. The molecule has 134 valence electrons. The molecule has 1 aliphatic rings. The van der Waals surface area contributed by atoms with Crippen molar-refractivity contribution in [2.45, 2.75) is 45.4 Å². The highest BCUT2D eigenvalue weighted by molar-refractivity contribution is 7.20. The maximum atomic E-state index is 12.8. The molecule has 1 saturated carbocycles. The van der Waals surface area contributed by atoms with Crippen LogP contribution in [0, 0.1) is 13.8 Å². The predicted molar refractivity (Wildman–Crippen MR) is 97.1 cm³/mol. The summed E-state index contributed by atoms with van der Waals surface area (Å²) >= 11 is 1.44. The largest absolute Gasteiger partial charge is 0.469 e. The summed E-state index contributed by atoms with van der Waals surface area (Å²) in [5, 5.41) is 1.00. The summed E-state index contributed by atoms with van der Waals surface area (Å²) in [6, 6.07) is 0. The van der Waals surface area contributed by atoms with Crippen LogP contribution in [0.2, 0.25) is 0 Å². The Kier molecular flexibility index (Phi) is 5.03. The van der Waals surface area contributed by atoms with E-state index in [1.165, 1.54) is 18.4 Å². The standard InChI is InChI=1S/C18H23N3O3S/c1-10-14-11(2)19-16(12-7-8-12)20-17(14)25-15(10)18(23)21(3)9-5-6-13(22)24-4/h12H,5-9H2,1-4H3. The molecule has 0 atom stereocenters. The van der Waals surface area contributed by atoms with E-state index in [-0.39, 0.29) is 11.9 Å². The third-order valence-corrected chi connectivity index (χ3v) is 5.75. The van der Waals surface area contributed by atoms with Crippen molar-refractivity contribution in [1.29, 1.82) is 0 Å². The molecule has 0 aliphatic heterocycles. The van der Waals surface area contributed by atoms with Crippen molar-refractivity contribution in [2.75, 3.05) is 20.7 Å². The first-order valence-corrected chi connectivity index (χ1v) is 9.34. The van der Waals surface area contributed by atoms with Crippen molar-refractivity contribution in [1.82, 2.24) is 14.9 Å². The van der Waals surface area contributed by atoms with Gasteiger partial charge < -0.3 is 9.64 Å². The zero-order chi connectivity index (χ0) is 18.1. The number of nitrogens with zero attached hydrogens (tertiary/aromatic N) is 3. The number of rotatable bonds is 6. The minimum Gasteiger partial charge on any atom is -0.469 e. The molecule has 2 aromatic heterocycles. The van der Waals surface area contributed by atoms with E-state index in [0.29, 0.717) is 30.2 Å². The Balaban J connectivity index is 1.80. The van der Waals surface area contributed by atoms with Gasteiger partial charge in [-0.2, -0.15) is 0 Å². The van der Waals surface area contributed by atoms with Crippen molar-refractivity contribution in [3.05, 3.63) is 22.0 Å². The quantitative estimate of drug-likeness (QED) is 0.739. The van der Waals surface area contributed by atoms with Gasteiger partial charge in [0.25, 0.3) is 5.91 Å². The third-order valence-electron chi connectivity index (χ3n) is 4.57. The molecule has 3 rings (SSSR count). The van der Waals surface area contributed by atoms with Crippen LogP contribution in [0.15, 0.2) is 0 Å². The van der Waals surface area contributed by atoms with Crippen molar-refractivity contribution >= 4 is 33.4 Å². The van der Waals surface area contributed by atoms with E-state index in [0.717, 1.165) is 40.1 Å². The van der Waals surface area contributed by atoms with Gasteiger partial charge in [-0.1, -0.05) is 0 Å². The molecule has 2 heterocycles. The Hall–Kier alpha value is -2.02. The molecule has 0 aromatic carbocycles. The fraction of sp³-hybridized carbons (Fsp3) is 0.556. The van der Waals surface area contributed by atoms with Crippen LogP contribution in [-0.2, 0) is 9.53 Å². The van der Waals surface area contributed by atoms with Gasteiger partial charge >= 0.3 is 5.97 Å². The van der Waals surface area contributed by atoms with Crippen LogP contribution in [-0.4, -0.2) is 47.4 Å². The van der Waals surface area contributed by atoms with E-state index >= 15 is 0 Å². The lowest BCUT2D eigenvalue weighted by molar-refractivity contribution is -0.140. The zero-order valence-electron chi connectivity index (χ0n) is 15.1. The topological polar surface area (TPSA) is 72.4 Å².